The Balaban J connectivity index is 1.24. The van der Waals surface area contributed by atoms with E-state index in [9.17, 15) is 9.59 Å². The number of amides is 2. The number of hydrogen-bond acceptors (Lipinski definition) is 7. The number of hydrogen-bond donors (Lipinski definition) is 2. The van der Waals surface area contributed by atoms with Crippen LogP contribution in [0.25, 0.3) is 33.4 Å². The number of anilines is 3. The minimum atomic E-state index is -0.360. The van der Waals surface area contributed by atoms with Crippen LogP contribution in [0.2, 0.25) is 0 Å². The first-order valence-electron chi connectivity index (χ1n) is 13.8. The molecule has 0 unspecified atom stereocenters. The van der Waals surface area contributed by atoms with Gasteiger partial charge in [-0.15, -0.1) is 0 Å². The molecule has 1 saturated heterocycles. The summed E-state index contributed by atoms with van der Waals surface area (Å²) in [6.45, 7) is 4.37. The van der Waals surface area contributed by atoms with Gasteiger partial charge in [0.15, 0.2) is 5.82 Å². The summed E-state index contributed by atoms with van der Waals surface area (Å²) in [6.07, 6.45) is 3.98. The molecule has 0 aliphatic carbocycles. The van der Waals surface area contributed by atoms with Crippen molar-refractivity contribution in [3.63, 3.8) is 0 Å². The average molecular weight is 559 g/mol. The second-order valence-electron chi connectivity index (χ2n) is 10.2. The van der Waals surface area contributed by atoms with Crippen molar-refractivity contribution in [2.24, 2.45) is 0 Å². The molecule has 42 heavy (non-hydrogen) atoms. The molecule has 1 aliphatic rings. The number of fused-ring (bicyclic) bond motifs is 1. The Labute approximate surface area is 243 Å². The Kier molecular flexibility index (Phi) is 7.83. The number of carbonyl (C=O) groups excluding carboxylic acids is 2. The molecule has 9 nitrogen and oxygen atoms in total. The van der Waals surface area contributed by atoms with Crippen LogP contribution in [0, 0.1) is 0 Å². The third-order valence-corrected chi connectivity index (χ3v) is 7.05. The average Bonchev–Trinajstić information content (AvgIpc) is 3.02. The zero-order valence-corrected chi connectivity index (χ0v) is 23.2. The van der Waals surface area contributed by atoms with Gasteiger partial charge in [-0.1, -0.05) is 24.3 Å². The standard InChI is InChI=1S/C33H30N6O3/c1-22(40)19-23-4-9-27(10-5-23)35-33(41)36-28-11-6-24(7-12-28)31-37-30-20-25(26-3-2-14-34-21-26)8-13-29(30)32(38-31)39-15-17-42-18-16-39/h2-14,20-21H,15-19H2,1H3,(H2,35,36,41). The van der Waals surface area contributed by atoms with Crippen LogP contribution in [0.1, 0.15) is 12.5 Å². The van der Waals surface area contributed by atoms with Crippen LogP contribution in [0.3, 0.4) is 0 Å². The molecule has 0 saturated carbocycles. The van der Waals surface area contributed by atoms with Gasteiger partial charge in [-0.2, -0.15) is 0 Å². The SMILES string of the molecule is CC(=O)Cc1ccc(NC(=O)Nc2ccc(-c3nc(N4CCOCC4)c4ccc(-c5cccnc5)cc4n3)cc2)cc1. The number of aromatic nitrogens is 3. The van der Waals surface area contributed by atoms with E-state index in [0.717, 1.165) is 52.1 Å². The van der Waals surface area contributed by atoms with Crippen LogP contribution in [0.4, 0.5) is 22.0 Å². The van der Waals surface area contributed by atoms with Gasteiger partial charge in [0.25, 0.3) is 0 Å². The molecule has 210 valence electrons. The highest BCUT2D eigenvalue weighted by Crippen LogP contribution is 2.31. The molecule has 3 heterocycles. The molecular formula is C33H30N6O3. The highest BCUT2D eigenvalue weighted by atomic mass is 16.5. The van der Waals surface area contributed by atoms with Crippen LogP contribution < -0.4 is 15.5 Å². The molecule has 6 rings (SSSR count). The van der Waals surface area contributed by atoms with Crippen molar-refractivity contribution in [2.45, 2.75) is 13.3 Å². The van der Waals surface area contributed by atoms with Crippen LogP contribution in [-0.2, 0) is 16.0 Å². The zero-order valence-electron chi connectivity index (χ0n) is 23.2. The predicted octanol–water partition coefficient (Wildman–Crippen LogP) is 5.97. The maximum absolute atomic E-state index is 12.6. The lowest BCUT2D eigenvalue weighted by Crippen LogP contribution is -2.37. The summed E-state index contributed by atoms with van der Waals surface area (Å²) in [5, 5.41) is 6.67. The maximum atomic E-state index is 12.6. The highest BCUT2D eigenvalue weighted by molar-refractivity contribution is 6.00. The van der Waals surface area contributed by atoms with Crippen molar-refractivity contribution < 1.29 is 14.3 Å². The number of urea groups is 1. The number of nitrogens with zero attached hydrogens (tertiary/aromatic N) is 4. The highest BCUT2D eigenvalue weighted by Gasteiger charge is 2.19. The van der Waals surface area contributed by atoms with Crippen LogP contribution in [0.5, 0.6) is 0 Å². The van der Waals surface area contributed by atoms with E-state index in [1.54, 1.807) is 25.3 Å². The number of morpholine rings is 1. The summed E-state index contributed by atoms with van der Waals surface area (Å²) in [6, 6.07) is 24.5. The Morgan fingerprint density at radius 3 is 2.19 bits per heavy atom. The summed E-state index contributed by atoms with van der Waals surface area (Å²) in [5.74, 6) is 1.58. The van der Waals surface area contributed by atoms with E-state index in [4.69, 9.17) is 14.7 Å². The van der Waals surface area contributed by atoms with E-state index in [-0.39, 0.29) is 11.8 Å². The number of ether oxygens (including phenoxy) is 1. The van der Waals surface area contributed by atoms with E-state index in [1.165, 1.54) is 0 Å². The molecule has 1 fully saturated rings. The lowest BCUT2D eigenvalue weighted by Gasteiger charge is -2.29. The van der Waals surface area contributed by atoms with Crippen LogP contribution >= 0.6 is 0 Å². The minimum Gasteiger partial charge on any atom is -0.378 e. The Morgan fingerprint density at radius 1 is 0.833 bits per heavy atom. The predicted molar refractivity (Wildman–Crippen MR) is 165 cm³/mol. The van der Waals surface area contributed by atoms with Gasteiger partial charge in [0, 0.05) is 59.8 Å². The first kappa shape index (κ1) is 27.0. The van der Waals surface area contributed by atoms with E-state index in [1.807, 2.05) is 54.7 Å². The van der Waals surface area contributed by atoms with Crippen molar-refractivity contribution in [3.05, 3.63) is 96.8 Å². The number of benzene rings is 3. The van der Waals surface area contributed by atoms with Crippen LogP contribution in [0.15, 0.2) is 91.3 Å². The fourth-order valence-corrected chi connectivity index (χ4v) is 4.96. The van der Waals surface area contributed by atoms with Crippen molar-refractivity contribution >= 4 is 39.9 Å². The molecule has 2 N–H and O–H groups in total. The number of rotatable bonds is 7. The number of nitrogens with one attached hydrogen (secondary N) is 2. The molecule has 3 aromatic carbocycles. The molecule has 0 radical (unpaired) electrons. The maximum Gasteiger partial charge on any atom is 0.323 e. The second-order valence-corrected chi connectivity index (χ2v) is 10.2. The summed E-state index contributed by atoms with van der Waals surface area (Å²) in [7, 11) is 0. The molecule has 9 heteroatoms. The van der Waals surface area contributed by atoms with Crippen molar-refractivity contribution in [1.82, 2.24) is 15.0 Å². The van der Waals surface area contributed by atoms with Crippen LogP contribution in [-0.4, -0.2) is 53.1 Å². The third kappa shape index (κ3) is 6.26. The topological polar surface area (TPSA) is 109 Å². The van der Waals surface area contributed by atoms with Gasteiger partial charge >= 0.3 is 6.03 Å². The van der Waals surface area contributed by atoms with Gasteiger partial charge in [-0.05, 0) is 72.6 Å². The minimum absolute atomic E-state index is 0.0952. The largest absolute Gasteiger partial charge is 0.378 e. The molecule has 0 spiro atoms. The first-order valence-corrected chi connectivity index (χ1v) is 13.8. The Hall–Kier alpha value is -5.15. The Morgan fingerprint density at radius 2 is 1.52 bits per heavy atom. The fraction of sp³-hybridized carbons (Fsp3) is 0.182. The van der Waals surface area contributed by atoms with Gasteiger partial charge in [-0.25, -0.2) is 14.8 Å². The fourth-order valence-electron chi connectivity index (χ4n) is 4.96. The number of Topliss-reactive ketones (excluding diaryl/α,β-unsaturated/α-hetero) is 1. The molecular weight excluding hydrogens is 528 g/mol. The number of ketones is 1. The van der Waals surface area contributed by atoms with Crippen molar-refractivity contribution in [1.29, 1.82) is 0 Å². The van der Waals surface area contributed by atoms with Gasteiger partial charge in [0.1, 0.15) is 11.6 Å². The molecule has 0 atom stereocenters. The van der Waals surface area contributed by atoms with Gasteiger partial charge < -0.3 is 20.3 Å². The van der Waals surface area contributed by atoms with E-state index < -0.39 is 0 Å². The van der Waals surface area contributed by atoms with Crippen molar-refractivity contribution in [3.8, 4) is 22.5 Å². The normalized spacial score (nSPS) is 13.1. The lowest BCUT2D eigenvalue weighted by molar-refractivity contribution is -0.116. The molecule has 5 aromatic rings. The number of pyridine rings is 1. The van der Waals surface area contributed by atoms with E-state index >= 15 is 0 Å². The summed E-state index contributed by atoms with van der Waals surface area (Å²) in [4.78, 5) is 40.4. The third-order valence-electron chi connectivity index (χ3n) is 7.05. The zero-order chi connectivity index (χ0) is 28.9. The quantitative estimate of drug-likeness (QED) is 0.253. The van der Waals surface area contributed by atoms with Gasteiger partial charge in [0.05, 0.1) is 18.7 Å². The van der Waals surface area contributed by atoms with E-state index in [2.05, 4.69) is 38.7 Å². The number of carbonyl (C=O) groups is 2. The van der Waals surface area contributed by atoms with E-state index in [0.29, 0.717) is 36.8 Å². The molecule has 2 aromatic heterocycles. The monoisotopic (exact) mass is 558 g/mol. The summed E-state index contributed by atoms with van der Waals surface area (Å²) < 4.78 is 5.58. The summed E-state index contributed by atoms with van der Waals surface area (Å²) >= 11 is 0. The Bertz CT molecular complexity index is 1720. The molecule has 1 aliphatic heterocycles. The van der Waals surface area contributed by atoms with Crippen molar-refractivity contribution in [2.75, 3.05) is 41.8 Å². The van der Waals surface area contributed by atoms with Gasteiger partial charge in [-0.3, -0.25) is 9.78 Å². The first-order chi connectivity index (χ1) is 20.5. The second kappa shape index (κ2) is 12.2. The lowest BCUT2D eigenvalue weighted by atomic mass is 10.0. The summed E-state index contributed by atoms with van der Waals surface area (Å²) in [5.41, 5.74) is 5.93. The smallest absolute Gasteiger partial charge is 0.323 e. The molecule has 0 bridgehead atoms. The van der Waals surface area contributed by atoms with Gasteiger partial charge in [0.2, 0.25) is 0 Å². The molecule has 2 amide bonds.